The highest BCUT2D eigenvalue weighted by Crippen LogP contribution is 2.28. The van der Waals surface area contributed by atoms with Gasteiger partial charge < -0.3 is 10.3 Å². The third-order valence-electron chi connectivity index (χ3n) is 3.57. The second kappa shape index (κ2) is 4.45. The zero-order valence-corrected chi connectivity index (χ0v) is 10.8. The quantitative estimate of drug-likeness (QED) is 0.880. The number of fused-ring (bicyclic) bond motifs is 1. The molecule has 92 valence electrons. The molecule has 2 rings (SSSR count). The van der Waals surface area contributed by atoms with Crippen molar-refractivity contribution in [2.24, 2.45) is 5.73 Å². The zero-order valence-electron chi connectivity index (χ0n) is 10.8. The number of pyridine rings is 1. The van der Waals surface area contributed by atoms with Gasteiger partial charge in [-0.15, -0.1) is 0 Å². The van der Waals surface area contributed by atoms with Crippen molar-refractivity contribution in [3.05, 3.63) is 24.3 Å². The van der Waals surface area contributed by atoms with Crippen molar-refractivity contribution in [2.45, 2.75) is 45.7 Å². The van der Waals surface area contributed by atoms with Gasteiger partial charge in [0.1, 0.15) is 11.3 Å². The van der Waals surface area contributed by atoms with Crippen molar-refractivity contribution < 1.29 is 0 Å². The van der Waals surface area contributed by atoms with Gasteiger partial charge >= 0.3 is 0 Å². The molecule has 2 N–H and O–H groups in total. The van der Waals surface area contributed by atoms with Crippen LogP contribution in [0.1, 0.15) is 39.4 Å². The molecule has 0 aromatic carbocycles. The van der Waals surface area contributed by atoms with Gasteiger partial charge in [0.05, 0.1) is 17.3 Å². The predicted octanol–water partition coefficient (Wildman–Crippen LogP) is 2.43. The lowest BCUT2D eigenvalue weighted by Gasteiger charge is -2.26. The summed E-state index contributed by atoms with van der Waals surface area (Å²) < 4.78 is 2.20. The van der Waals surface area contributed by atoms with Crippen LogP contribution in [0.25, 0.3) is 11.0 Å². The molecule has 0 fully saturated rings. The topological polar surface area (TPSA) is 56.7 Å². The lowest BCUT2D eigenvalue weighted by Crippen LogP contribution is -2.38. The molecule has 0 bridgehead atoms. The smallest absolute Gasteiger partial charge is 0.130 e. The Morgan fingerprint density at radius 2 is 2.00 bits per heavy atom. The first-order valence-corrected chi connectivity index (χ1v) is 6.25. The fourth-order valence-corrected chi connectivity index (χ4v) is 2.25. The van der Waals surface area contributed by atoms with E-state index in [4.69, 9.17) is 5.73 Å². The van der Waals surface area contributed by atoms with Gasteiger partial charge in [-0.05, 0) is 25.8 Å². The molecule has 0 amide bonds. The van der Waals surface area contributed by atoms with E-state index in [1.165, 1.54) is 0 Å². The molecule has 2 aromatic rings. The summed E-state index contributed by atoms with van der Waals surface area (Å²) in [6.07, 6.45) is 5.38. The van der Waals surface area contributed by atoms with Crippen molar-refractivity contribution in [2.75, 3.05) is 0 Å². The summed E-state index contributed by atoms with van der Waals surface area (Å²) in [4.78, 5) is 8.79. The first kappa shape index (κ1) is 12.0. The van der Waals surface area contributed by atoms with E-state index < -0.39 is 0 Å². The predicted molar refractivity (Wildman–Crippen MR) is 69.6 cm³/mol. The molecule has 0 aliphatic heterocycles. The third-order valence-corrected chi connectivity index (χ3v) is 3.57. The summed E-state index contributed by atoms with van der Waals surface area (Å²) in [5, 5.41) is 0. The normalized spacial score (nSPS) is 12.2. The molecular formula is C13H20N4. The average molecular weight is 232 g/mol. The standard InChI is InChI=1S/C13H20N4/c1-4-13(14,5-2)12-16-10-9-15-8-7-11(10)17(12)6-3/h7-9H,4-6,14H2,1-3H3. The minimum atomic E-state index is -0.338. The summed E-state index contributed by atoms with van der Waals surface area (Å²) in [7, 11) is 0. The molecule has 2 heterocycles. The van der Waals surface area contributed by atoms with Crippen LogP contribution in [0.2, 0.25) is 0 Å². The number of hydrogen-bond donors (Lipinski definition) is 1. The van der Waals surface area contributed by atoms with Crippen LogP contribution in [0.3, 0.4) is 0 Å². The molecular weight excluding hydrogens is 212 g/mol. The molecule has 0 saturated heterocycles. The number of hydrogen-bond acceptors (Lipinski definition) is 3. The zero-order chi connectivity index (χ0) is 12.5. The Morgan fingerprint density at radius 3 is 2.59 bits per heavy atom. The van der Waals surface area contributed by atoms with E-state index in [1.807, 2.05) is 6.07 Å². The minimum Gasteiger partial charge on any atom is -0.327 e. The van der Waals surface area contributed by atoms with Gasteiger partial charge in [0, 0.05) is 12.7 Å². The van der Waals surface area contributed by atoms with Crippen LogP contribution in [0.15, 0.2) is 18.5 Å². The molecule has 0 aliphatic carbocycles. The first-order valence-electron chi connectivity index (χ1n) is 6.25. The SMILES string of the molecule is CCn1c(C(N)(CC)CC)nc2cnccc21. The average Bonchev–Trinajstić information content (AvgIpc) is 2.76. The highest BCUT2D eigenvalue weighted by molar-refractivity contribution is 5.75. The van der Waals surface area contributed by atoms with Gasteiger partial charge in [-0.1, -0.05) is 13.8 Å². The first-order chi connectivity index (χ1) is 8.16. The Balaban J connectivity index is 2.68. The van der Waals surface area contributed by atoms with E-state index in [1.54, 1.807) is 12.4 Å². The monoisotopic (exact) mass is 232 g/mol. The van der Waals surface area contributed by atoms with Gasteiger partial charge in [-0.25, -0.2) is 4.98 Å². The van der Waals surface area contributed by atoms with Crippen LogP contribution in [0.4, 0.5) is 0 Å². The Bertz CT molecular complexity index is 511. The number of aromatic nitrogens is 3. The molecule has 17 heavy (non-hydrogen) atoms. The second-order valence-corrected chi connectivity index (χ2v) is 4.41. The molecule has 2 aromatic heterocycles. The third kappa shape index (κ3) is 1.82. The number of aryl methyl sites for hydroxylation is 1. The Morgan fingerprint density at radius 1 is 1.29 bits per heavy atom. The van der Waals surface area contributed by atoms with Crippen molar-refractivity contribution in [1.82, 2.24) is 14.5 Å². The van der Waals surface area contributed by atoms with Gasteiger partial charge in [-0.2, -0.15) is 0 Å². The van der Waals surface area contributed by atoms with Gasteiger partial charge in [0.25, 0.3) is 0 Å². The summed E-state index contributed by atoms with van der Waals surface area (Å²) in [5.41, 5.74) is 8.17. The fourth-order valence-electron chi connectivity index (χ4n) is 2.25. The van der Waals surface area contributed by atoms with E-state index in [2.05, 4.69) is 35.3 Å². The fraction of sp³-hybridized carbons (Fsp3) is 0.538. The van der Waals surface area contributed by atoms with Crippen LogP contribution in [0.5, 0.6) is 0 Å². The molecule has 0 radical (unpaired) electrons. The highest BCUT2D eigenvalue weighted by Gasteiger charge is 2.29. The van der Waals surface area contributed by atoms with Crippen molar-refractivity contribution in [3.63, 3.8) is 0 Å². The lowest BCUT2D eigenvalue weighted by atomic mass is 9.93. The maximum Gasteiger partial charge on any atom is 0.130 e. The van der Waals surface area contributed by atoms with E-state index in [0.29, 0.717) is 0 Å². The number of nitrogens with zero attached hydrogens (tertiary/aromatic N) is 3. The van der Waals surface area contributed by atoms with Gasteiger partial charge in [0.2, 0.25) is 0 Å². The highest BCUT2D eigenvalue weighted by atomic mass is 15.1. The largest absolute Gasteiger partial charge is 0.327 e. The van der Waals surface area contributed by atoms with E-state index >= 15 is 0 Å². The Kier molecular flexibility index (Phi) is 3.15. The molecule has 0 aliphatic rings. The van der Waals surface area contributed by atoms with Crippen LogP contribution in [-0.4, -0.2) is 14.5 Å². The van der Waals surface area contributed by atoms with Crippen LogP contribution >= 0.6 is 0 Å². The maximum absolute atomic E-state index is 6.45. The summed E-state index contributed by atoms with van der Waals surface area (Å²) >= 11 is 0. The van der Waals surface area contributed by atoms with Crippen molar-refractivity contribution >= 4 is 11.0 Å². The summed E-state index contributed by atoms with van der Waals surface area (Å²) in [6, 6.07) is 2.00. The van der Waals surface area contributed by atoms with Crippen molar-refractivity contribution in [3.8, 4) is 0 Å². The molecule has 4 heteroatoms. The van der Waals surface area contributed by atoms with Crippen LogP contribution < -0.4 is 5.73 Å². The summed E-state index contributed by atoms with van der Waals surface area (Å²) in [5.74, 6) is 0.980. The minimum absolute atomic E-state index is 0.338. The molecule has 0 spiro atoms. The maximum atomic E-state index is 6.45. The Labute approximate surface area is 102 Å². The number of rotatable bonds is 4. The second-order valence-electron chi connectivity index (χ2n) is 4.41. The van der Waals surface area contributed by atoms with Crippen LogP contribution in [-0.2, 0) is 12.1 Å². The van der Waals surface area contributed by atoms with Crippen molar-refractivity contribution in [1.29, 1.82) is 0 Å². The van der Waals surface area contributed by atoms with Crippen LogP contribution in [0, 0.1) is 0 Å². The summed E-state index contributed by atoms with van der Waals surface area (Å²) in [6.45, 7) is 7.23. The number of nitrogens with two attached hydrogens (primary N) is 1. The van der Waals surface area contributed by atoms with E-state index in [0.717, 1.165) is 36.2 Å². The van der Waals surface area contributed by atoms with E-state index in [-0.39, 0.29) is 5.54 Å². The lowest BCUT2D eigenvalue weighted by molar-refractivity contribution is 0.373. The number of imidazole rings is 1. The van der Waals surface area contributed by atoms with Gasteiger partial charge in [-0.3, -0.25) is 4.98 Å². The molecule has 0 saturated carbocycles. The van der Waals surface area contributed by atoms with Gasteiger partial charge in [0.15, 0.2) is 0 Å². The molecule has 4 nitrogen and oxygen atoms in total. The molecule has 0 unspecified atom stereocenters. The Hall–Kier alpha value is -1.42. The molecule has 0 atom stereocenters. The van der Waals surface area contributed by atoms with E-state index in [9.17, 15) is 0 Å².